The Hall–Kier alpha value is -7.42. The highest BCUT2D eigenvalue weighted by Crippen LogP contribution is 2.37. The first-order valence-corrected chi connectivity index (χ1v) is 17.5. The first-order chi connectivity index (χ1) is 26.2. The first-order valence-electron chi connectivity index (χ1n) is 17.5. The number of aromatic nitrogens is 4. The zero-order chi connectivity index (χ0) is 35.3. The average Bonchev–Trinajstić information content (AvgIpc) is 3.56. The zero-order valence-corrected chi connectivity index (χ0v) is 28.5. The SMILES string of the molecule is [C-]#[N+]c1ccc2c(c1)c1cc(-c3ccc(-c4nc(-c5ccc6ccccc6c5)nc(-c5ccc6ccccc6c5)n4)cc3)ccc1n2-c1ccccc1. The summed E-state index contributed by atoms with van der Waals surface area (Å²) in [5, 5.41) is 6.78. The van der Waals surface area contributed by atoms with E-state index in [1.165, 1.54) is 10.8 Å². The van der Waals surface area contributed by atoms with Gasteiger partial charge < -0.3 is 4.57 Å². The van der Waals surface area contributed by atoms with Gasteiger partial charge in [0.15, 0.2) is 23.2 Å². The standard InChI is InChI=1S/C48H29N5/c1-49-40-24-26-45-43(30-40)42-29-37(23-25-44(42)53(45)41-13-3-2-4-14-41)33-15-19-34(20-16-33)46-50-47(38-21-17-31-9-5-7-11-35(31)27-38)52-48(51-46)39-22-18-32-10-6-8-12-36(32)28-39/h2-30H. The van der Waals surface area contributed by atoms with E-state index in [0.29, 0.717) is 23.2 Å². The fraction of sp³-hybridized carbons (Fsp3) is 0. The smallest absolute Gasteiger partial charge is 0.188 e. The Morgan fingerprint density at radius 2 is 0.849 bits per heavy atom. The second kappa shape index (κ2) is 12.4. The van der Waals surface area contributed by atoms with Crippen LogP contribution in [-0.4, -0.2) is 19.5 Å². The molecule has 8 aromatic carbocycles. The van der Waals surface area contributed by atoms with Crippen molar-refractivity contribution in [2.24, 2.45) is 0 Å². The topological polar surface area (TPSA) is 48.0 Å². The first kappa shape index (κ1) is 30.4. The summed E-state index contributed by atoms with van der Waals surface area (Å²) in [6.45, 7) is 7.66. The van der Waals surface area contributed by atoms with E-state index in [4.69, 9.17) is 21.5 Å². The number of fused-ring (bicyclic) bond motifs is 5. The second-order valence-corrected chi connectivity index (χ2v) is 13.2. The van der Waals surface area contributed by atoms with Crippen LogP contribution in [0.4, 0.5) is 5.69 Å². The van der Waals surface area contributed by atoms with Crippen molar-refractivity contribution >= 4 is 49.0 Å². The fourth-order valence-corrected chi connectivity index (χ4v) is 7.35. The molecule has 2 heterocycles. The lowest BCUT2D eigenvalue weighted by Crippen LogP contribution is -2.00. The summed E-state index contributed by atoms with van der Waals surface area (Å²) in [7, 11) is 0. The van der Waals surface area contributed by atoms with Gasteiger partial charge in [-0.3, -0.25) is 0 Å². The van der Waals surface area contributed by atoms with Gasteiger partial charge in [-0.25, -0.2) is 19.8 Å². The highest BCUT2D eigenvalue weighted by atomic mass is 15.0. The van der Waals surface area contributed by atoms with Crippen LogP contribution in [0.15, 0.2) is 176 Å². The van der Waals surface area contributed by atoms with Crippen LogP contribution in [-0.2, 0) is 0 Å². The van der Waals surface area contributed by atoms with Gasteiger partial charge in [0.25, 0.3) is 0 Å². The van der Waals surface area contributed by atoms with Gasteiger partial charge in [0.05, 0.1) is 17.6 Å². The van der Waals surface area contributed by atoms with E-state index < -0.39 is 0 Å². The minimum absolute atomic E-state index is 0.617. The molecule has 10 aromatic rings. The van der Waals surface area contributed by atoms with Gasteiger partial charge >= 0.3 is 0 Å². The van der Waals surface area contributed by atoms with Crippen molar-refractivity contribution in [2.75, 3.05) is 0 Å². The number of rotatable bonds is 5. The van der Waals surface area contributed by atoms with Crippen LogP contribution in [0.2, 0.25) is 0 Å². The molecule has 0 amide bonds. The van der Waals surface area contributed by atoms with E-state index in [9.17, 15) is 0 Å². The number of nitrogens with zero attached hydrogens (tertiary/aromatic N) is 5. The van der Waals surface area contributed by atoms with Gasteiger partial charge in [-0.05, 0) is 86.6 Å². The maximum absolute atomic E-state index is 7.66. The fourth-order valence-electron chi connectivity index (χ4n) is 7.35. The van der Waals surface area contributed by atoms with Crippen LogP contribution in [0.3, 0.4) is 0 Å². The molecule has 5 heteroatoms. The van der Waals surface area contributed by atoms with Crippen LogP contribution >= 0.6 is 0 Å². The predicted molar refractivity (Wildman–Crippen MR) is 217 cm³/mol. The van der Waals surface area contributed by atoms with Gasteiger partial charge in [-0.2, -0.15) is 0 Å². The molecular formula is C48H29N5. The number of hydrogen-bond acceptors (Lipinski definition) is 3. The van der Waals surface area contributed by atoms with E-state index in [-0.39, 0.29) is 0 Å². The maximum Gasteiger partial charge on any atom is 0.188 e. The van der Waals surface area contributed by atoms with Crippen LogP contribution in [0, 0.1) is 6.57 Å². The largest absolute Gasteiger partial charge is 0.309 e. The lowest BCUT2D eigenvalue weighted by atomic mass is 10.0. The molecule has 5 nitrogen and oxygen atoms in total. The minimum Gasteiger partial charge on any atom is -0.309 e. The third kappa shape index (κ3) is 5.38. The summed E-state index contributed by atoms with van der Waals surface area (Å²) >= 11 is 0. The normalized spacial score (nSPS) is 11.4. The molecule has 0 fully saturated rings. The minimum atomic E-state index is 0.617. The molecule has 0 radical (unpaired) electrons. The molecule has 0 aliphatic rings. The van der Waals surface area contributed by atoms with Crippen molar-refractivity contribution in [1.29, 1.82) is 0 Å². The van der Waals surface area contributed by atoms with Crippen molar-refractivity contribution in [3.8, 4) is 51.0 Å². The van der Waals surface area contributed by atoms with Crippen molar-refractivity contribution in [3.05, 3.63) is 187 Å². The third-order valence-electron chi connectivity index (χ3n) is 10.0. The summed E-state index contributed by atoms with van der Waals surface area (Å²) in [4.78, 5) is 18.8. The van der Waals surface area contributed by atoms with E-state index in [2.05, 4.69) is 167 Å². The van der Waals surface area contributed by atoms with Crippen molar-refractivity contribution < 1.29 is 0 Å². The molecule has 0 bridgehead atoms. The summed E-state index contributed by atoms with van der Waals surface area (Å²) in [6.07, 6.45) is 0. The third-order valence-corrected chi connectivity index (χ3v) is 10.0. The van der Waals surface area contributed by atoms with Crippen molar-refractivity contribution in [3.63, 3.8) is 0 Å². The highest BCUT2D eigenvalue weighted by molar-refractivity contribution is 6.11. The van der Waals surface area contributed by atoms with Crippen LogP contribution < -0.4 is 0 Å². The molecule has 0 unspecified atom stereocenters. The Balaban J connectivity index is 1.08. The molecule has 0 saturated heterocycles. The molecule has 0 spiro atoms. The van der Waals surface area contributed by atoms with Gasteiger partial charge in [0.2, 0.25) is 0 Å². The average molecular weight is 676 g/mol. The Morgan fingerprint density at radius 3 is 1.45 bits per heavy atom. The highest BCUT2D eigenvalue weighted by Gasteiger charge is 2.16. The number of benzene rings is 8. The predicted octanol–water partition coefficient (Wildman–Crippen LogP) is 12.5. The monoisotopic (exact) mass is 675 g/mol. The second-order valence-electron chi connectivity index (χ2n) is 13.2. The maximum atomic E-state index is 7.66. The lowest BCUT2D eigenvalue weighted by Gasteiger charge is -2.10. The van der Waals surface area contributed by atoms with E-state index in [1.807, 2.05) is 18.2 Å². The van der Waals surface area contributed by atoms with Gasteiger partial charge in [-0.15, -0.1) is 0 Å². The number of hydrogen-bond donors (Lipinski definition) is 0. The molecule has 10 rings (SSSR count). The quantitative estimate of drug-likeness (QED) is 0.171. The van der Waals surface area contributed by atoms with Gasteiger partial charge in [0.1, 0.15) is 0 Å². The summed E-state index contributed by atoms with van der Waals surface area (Å²) < 4.78 is 2.27. The van der Waals surface area contributed by atoms with Gasteiger partial charge in [0, 0.05) is 27.8 Å². The van der Waals surface area contributed by atoms with Crippen molar-refractivity contribution in [1.82, 2.24) is 19.5 Å². The Labute approximate surface area is 305 Å². The molecule has 2 aromatic heterocycles. The molecule has 0 saturated carbocycles. The summed E-state index contributed by atoms with van der Waals surface area (Å²) in [5.74, 6) is 1.88. The molecular weight excluding hydrogens is 647 g/mol. The molecule has 0 aliphatic carbocycles. The number of para-hydroxylation sites is 1. The van der Waals surface area contributed by atoms with E-state index in [1.54, 1.807) is 0 Å². The molecule has 0 atom stereocenters. The summed E-state index contributed by atoms with van der Waals surface area (Å²) in [5.41, 5.74) is 8.84. The molecule has 53 heavy (non-hydrogen) atoms. The summed E-state index contributed by atoms with van der Waals surface area (Å²) in [6, 6.07) is 60.7. The molecule has 0 aliphatic heterocycles. The van der Waals surface area contributed by atoms with E-state index >= 15 is 0 Å². The Kier molecular flexibility index (Phi) is 7.12. The van der Waals surface area contributed by atoms with E-state index in [0.717, 1.165) is 66.1 Å². The zero-order valence-electron chi connectivity index (χ0n) is 28.5. The van der Waals surface area contributed by atoms with Crippen molar-refractivity contribution in [2.45, 2.75) is 0 Å². The Morgan fingerprint density at radius 1 is 0.377 bits per heavy atom. The van der Waals surface area contributed by atoms with Crippen LogP contribution in [0.5, 0.6) is 0 Å². The molecule has 0 N–H and O–H groups in total. The van der Waals surface area contributed by atoms with Crippen LogP contribution in [0.1, 0.15) is 0 Å². The Bertz CT molecular complexity index is 2970. The van der Waals surface area contributed by atoms with Crippen LogP contribution in [0.25, 0.3) is 99.2 Å². The molecule has 246 valence electrons. The lowest BCUT2D eigenvalue weighted by molar-refractivity contribution is 1.08. The van der Waals surface area contributed by atoms with Gasteiger partial charge in [-0.1, -0.05) is 127 Å².